The third-order valence-corrected chi connectivity index (χ3v) is 4.12. The van der Waals surface area contributed by atoms with Gasteiger partial charge in [0.25, 0.3) is 0 Å². The molecule has 0 amide bonds. The van der Waals surface area contributed by atoms with Crippen molar-refractivity contribution >= 4 is 10.8 Å². The molecular formula is C8H16OS. The summed E-state index contributed by atoms with van der Waals surface area (Å²) in [5.41, 5.74) is 0. The van der Waals surface area contributed by atoms with Crippen molar-refractivity contribution in [2.75, 3.05) is 11.5 Å². The van der Waals surface area contributed by atoms with E-state index in [1.165, 1.54) is 12.8 Å². The fraction of sp³-hybridized carbons (Fsp3) is 1.00. The molecule has 1 saturated heterocycles. The molecule has 0 aliphatic carbocycles. The van der Waals surface area contributed by atoms with Crippen LogP contribution in [0.15, 0.2) is 0 Å². The molecule has 10 heavy (non-hydrogen) atoms. The van der Waals surface area contributed by atoms with Gasteiger partial charge in [-0.2, -0.15) is 0 Å². The first-order valence-corrected chi connectivity index (χ1v) is 5.61. The minimum absolute atomic E-state index is 0.483. The third kappa shape index (κ3) is 1.60. The summed E-state index contributed by atoms with van der Waals surface area (Å²) < 4.78 is 11.1. The molecule has 1 aliphatic heterocycles. The highest BCUT2D eigenvalue weighted by Gasteiger charge is 2.28. The number of rotatable bonds is 2. The highest BCUT2D eigenvalue weighted by Crippen LogP contribution is 2.27. The lowest BCUT2D eigenvalue weighted by Crippen LogP contribution is -2.09. The van der Waals surface area contributed by atoms with Gasteiger partial charge in [-0.3, -0.25) is 4.21 Å². The summed E-state index contributed by atoms with van der Waals surface area (Å²) in [4.78, 5) is 0. The predicted molar refractivity (Wildman–Crippen MR) is 45.4 cm³/mol. The Hall–Kier alpha value is 0.150. The second-order valence-electron chi connectivity index (χ2n) is 3.11. The minimum Gasteiger partial charge on any atom is -0.260 e. The van der Waals surface area contributed by atoms with Crippen molar-refractivity contribution in [3.63, 3.8) is 0 Å². The van der Waals surface area contributed by atoms with Crippen LogP contribution in [0.3, 0.4) is 0 Å². The van der Waals surface area contributed by atoms with E-state index in [2.05, 4.69) is 13.8 Å². The maximum Gasteiger partial charge on any atom is 0.0266 e. The molecule has 2 atom stereocenters. The largest absolute Gasteiger partial charge is 0.260 e. The van der Waals surface area contributed by atoms with Gasteiger partial charge in [-0.15, -0.1) is 0 Å². The van der Waals surface area contributed by atoms with Gasteiger partial charge in [-0.25, -0.2) is 0 Å². The fourth-order valence-electron chi connectivity index (χ4n) is 1.72. The predicted octanol–water partition coefficient (Wildman–Crippen LogP) is 1.80. The van der Waals surface area contributed by atoms with Crippen molar-refractivity contribution in [2.45, 2.75) is 26.7 Å². The highest BCUT2D eigenvalue weighted by molar-refractivity contribution is 7.85. The Morgan fingerprint density at radius 2 is 1.60 bits per heavy atom. The zero-order valence-electron chi connectivity index (χ0n) is 6.80. The molecule has 2 unspecified atom stereocenters. The molecular weight excluding hydrogens is 144 g/mol. The molecule has 0 radical (unpaired) electrons. The maximum atomic E-state index is 11.1. The Morgan fingerprint density at radius 3 is 1.90 bits per heavy atom. The van der Waals surface area contributed by atoms with Crippen LogP contribution in [0.4, 0.5) is 0 Å². The molecule has 1 aliphatic rings. The molecule has 0 spiro atoms. The molecule has 0 bridgehead atoms. The Morgan fingerprint density at radius 1 is 1.20 bits per heavy atom. The summed E-state index contributed by atoms with van der Waals surface area (Å²) >= 11 is 0. The lowest BCUT2D eigenvalue weighted by Gasteiger charge is -2.12. The summed E-state index contributed by atoms with van der Waals surface area (Å²) in [6, 6.07) is 0. The van der Waals surface area contributed by atoms with Gasteiger partial charge in [0.2, 0.25) is 0 Å². The van der Waals surface area contributed by atoms with Crippen LogP contribution >= 0.6 is 0 Å². The summed E-state index contributed by atoms with van der Waals surface area (Å²) in [7, 11) is -0.483. The van der Waals surface area contributed by atoms with Crippen molar-refractivity contribution in [3.8, 4) is 0 Å². The van der Waals surface area contributed by atoms with Crippen molar-refractivity contribution in [3.05, 3.63) is 0 Å². The quantitative estimate of drug-likeness (QED) is 0.602. The van der Waals surface area contributed by atoms with E-state index in [1.807, 2.05) is 0 Å². The molecule has 0 saturated carbocycles. The van der Waals surface area contributed by atoms with Crippen LogP contribution in [0.2, 0.25) is 0 Å². The lowest BCUT2D eigenvalue weighted by atomic mass is 9.92. The Labute approximate surface area is 65.7 Å². The number of hydrogen-bond acceptors (Lipinski definition) is 1. The van der Waals surface area contributed by atoms with Gasteiger partial charge in [-0.1, -0.05) is 26.7 Å². The third-order valence-electron chi connectivity index (χ3n) is 2.52. The van der Waals surface area contributed by atoms with Gasteiger partial charge in [0.05, 0.1) is 0 Å². The van der Waals surface area contributed by atoms with Crippen LogP contribution in [0, 0.1) is 11.8 Å². The minimum atomic E-state index is -0.483. The molecule has 2 heteroatoms. The molecule has 0 N–H and O–H groups in total. The van der Waals surface area contributed by atoms with Crippen LogP contribution in [-0.2, 0) is 10.8 Å². The zero-order chi connectivity index (χ0) is 7.56. The van der Waals surface area contributed by atoms with E-state index in [-0.39, 0.29) is 0 Å². The lowest BCUT2D eigenvalue weighted by molar-refractivity contribution is 0.397. The first-order valence-electron chi connectivity index (χ1n) is 4.12. The van der Waals surface area contributed by atoms with E-state index < -0.39 is 10.8 Å². The molecule has 1 nitrogen and oxygen atoms in total. The summed E-state index contributed by atoms with van der Waals surface area (Å²) in [6.07, 6.45) is 2.43. The van der Waals surface area contributed by atoms with Crippen molar-refractivity contribution in [2.24, 2.45) is 11.8 Å². The Kier molecular flexibility index (Phi) is 2.90. The molecule has 1 fully saturated rings. The smallest absolute Gasteiger partial charge is 0.0266 e. The van der Waals surface area contributed by atoms with E-state index in [1.54, 1.807) is 0 Å². The first kappa shape index (κ1) is 8.25. The van der Waals surface area contributed by atoms with Crippen molar-refractivity contribution < 1.29 is 4.21 Å². The molecule has 0 aromatic carbocycles. The van der Waals surface area contributed by atoms with E-state index >= 15 is 0 Å². The summed E-state index contributed by atoms with van der Waals surface area (Å²) in [5, 5.41) is 0. The average molecular weight is 160 g/mol. The molecule has 0 aromatic rings. The second-order valence-corrected chi connectivity index (χ2v) is 4.66. The van der Waals surface area contributed by atoms with Crippen LogP contribution in [0.25, 0.3) is 0 Å². The van der Waals surface area contributed by atoms with Gasteiger partial charge in [0.15, 0.2) is 0 Å². The Bertz CT molecular complexity index is 119. The van der Waals surface area contributed by atoms with Crippen LogP contribution < -0.4 is 0 Å². The van der Waals surface area contributed by atoms with E-state index in [4.69, 9.17) is 0 Å². The van der Waals surface area contributed by atoms with Gasteiger partial charge in [0.1, 0.15) is 0 Å². The second kappa shape index (κ2) is 3.51. The number of hydrogen-bond donors (Lipinski definition) is 0. The van der Waals surface area contributed by atoms with E-state index in [9.17, 15) is 4.21 Å². The molecule has 1 heterocycles. The fourth-order valence-corrected chi connectivity index (χ4v) is 3.83. The summed E-state index contributed by atoms with van der Waals surface area (Å²) in [5.74, 6) is 3.45. The standard InChI is InChI=1S/C8H16OS/c1-3-7-5-10(9)6-8(7)4-2/h7-8H,3-6H2,1-2H3. The highest BCUT2D eigenvalue weighted by atomic mass is 32.2. The van der Waals surface area contributed by atoms with Crippen molar-refractivity contribution in [1.82, 2.24) is 0 Å². The normalized spacial score (nSPS) is 40.4. The average Bonchev–Trinajstić information content (AvgIpc) is 2.30. The van der Waals surface area contributed by atoms with Crippen molar-refractivity contribution in [1.29, 1.82) is 0 Å². The topological polar surface area (TPSA) is 17.1 Å². The van der Waals surface area contributed by atoms with Gasteiger partial charge in [-0.05, 0) is 11.8 Å². The first-order chi connectivity index (χ1) is 4.77. The zero-order valence-corrected chi connectivity index (χ0v) is 7.62. The maximum absolute atomic E-state index is 11.1. The van der Waals surface area contributed by atoms with Crippen LogP contribution in [0.1, 0.15) is 26.7 Å². The Balaban J connectivity index is 2.48. The molecule has 60 valence electrons. The van der Waals surface area contributed by atoms with Gasteiger partial charge >= 0.3 is 0 Å². The van der Waals surface area contributed by atoms with Gasteiger partial charge in [0, 0.05) is 22.3 Å². The monoisotopic (exact) mass is 160 g/mol. The van der Waals surface area contributed by atoms with Crippen LogP contribution in [-0.4, -0.2) is 15.7 Å². The van der Waals surface area contributed by atoms with E-state index in [0.717, 1.165) is 23.3 Å². The van der Waals surface area contributed by atoms with Gasteiger partial charge < -0.3 is 0 Å². The summed E-state index contributed by atoms with van der Waals surface area (Å²) in [6.45, 7) is 4.41. The SMILES string of the molecule is CCC1CS(=O)CC1CC. The molecule has 0 aromatic heterocycles. The van der Waals surface area contributed by atoms with Crippen LogP contribution in [0.5, 0.6) is 0 Å². The van der Waals surface area contributed by atoms with E-state index in [0.29, 0.717) is 0 Å². The molecule has 1 rings (SSSR count).